The lowest BCUT2D eigenvalue weighted by Gasteiger charge is -2.07. The molecule has 0 saturated heterocycles. The number of hydrogen-bond acceptors (Lipinski definition) is 6. The molecule has 2 aromatic carbocycles. The molecule has 0 unspecified atom stereocenters. The van der Waals surface area contributed by atoms with Crippen molar-refractivity contribution in [2.24, 2.45) is 7.05 Å². The van der Waals surface area contributed by atoms with E-state index in [0.29, 0.717) is 10.7 Å². The topological polar surface area (TPSA) is 107 Å². The maximum Gasteiger partial charge on any atom is 0.214 e. The van der Waals surface area contributed by atoms with Crippen molar-refractivity contribution < 1.29 is 8.42 Å². The van der Waals surface area contributed by atoms with Crippen molar-refractivity contribution in [1.29, 1.82) is 0 Å². The smallest absolute Gasteiger partial charge is 0.214 e. The van der Waals surface area contributed by atoms with Crippen LogP contribution >= 0.6 is 11.6 Å². The lowest BCUT2D eigenvalue weighted by Crippen LogP contribution is -2.06. The van der Waals surface area contributed by atoms with Gasteiger partial charge >= 0.3 is 0 Å². The van der Waals surface area contributed by atoms with Crippen LogP contribution in [0, 0.1) is 0 Å². The van der Waals surface area contributed by atoms with Crippen LogP contribution < -0.4 is 11.1 Å². The maximum atomic E-state index is 13.6. The summed E-state index contributed by atoms with van der Waals surface area (Å²) in [6.45, 7) is 0. The fraction of sp³-hybridized carbons (Fsp3) is 0.0909. The molecule has 0 atom stereocenters. The van der Waals surface area contributed by atoms with E-state index in [1.807, 2.05) is 42.1 Å². The molecule has 0 spiro atoms. The summed E-state index contributed by atoms with van der Waals surface area (Å²) in [4.78, 5) is 4.70. The van der Waals surface area contributed by atoms with Crippen molar-refractivity contribution >= 4 is 49.6 Å². The summed E-state index contributed by atoms with van der Waals surface area (Å²) < 4.78 is 30.5. The van der Waals surface area contributed by atoms with Crippen LogP contribution in [0.15, 0.2) is 70.6 Å². The number of halogens is 1. The average molecular weight is 467 g/mol. The van der Waals surface area contributed by atoms with Gasteiger partial charge in [0.1, 0.15) is 5.82 Å². The Hall–Kier alpha value is -3.56. The quantitative estimate of drug-likeness (QED) is 0.414. The van der Waals surface area contributed by atoms with Crippen LogP contribution in [0.4, 0.5) is 11.6 Å². The zero-order valence-corrected chi connectivity index (χ0v) is 18.8. The number of nitrogens with zero attached hydrogens (tertiary/aromatic N) is 4. The molecule has 0 aliphatic rings. The van der Waals surface area contributed by atoms with Crippen LogP contribution in [-0.2, 0) is 16.9 Å². The average Bonchev–Trinajstić information content (AvgIpc) is 3.32. The van der Waals surface area contributed by atoms with Gasteiger partial charge in [-0.25, -0.2) is 13.4 Å². The largest absolute Gasteiger partial charge is 0.384 e. The molecule has 3 N–H and O–H groups in total. The second kappa shape index (κ2) is 7.25. The molecular weight excluding hydrogens is 448 g/mol. The highest BCUT2D eigenvalue weighted by atomic mass is 35.5. The lowest BCUT2D eigenvalue weighted by molar-refractivity contribution is 0.597. The summed E-state index contributed by atoms with van der Waals surface area (Å²) in [7, 11) is -0.451. The summed E-state index contributed by atoms with van der Waals surface area (Å²) in [5.41, 5.74) is 8.86. The third-order valence-electron chi connectivity index (χ3n) is 5.36. The van der Waals surface area contributed by atoms with Crippen molar-refractivity contribution in [1.82, 2.24) is 19.2 Å². The van der Waals surface area contributed by atoms with Crippen molar-refractivity contribution in [3.05, 3.63) is 65.8 Å². The summed E-state index contributed by atoms with van der Waals surface area (Å²) in [5, 5.41) is 8.50. The van der Waals surface area contributed by atoms with Gasteiger partial charge in [0.15, 0.2) is 16.4 Å². The Morgan fingerprint density at radius 2 is 1.88 bits per heavy atom. The lowest BCUT2D eigenvalue weighted by atomic mass is 10.1. The van der Waals surface area contributed by atoms with Crippen molar-refractivity contribution in [3.8, 4) is 11.3 Å². The highest BCUT2D eigenvalue weighted by Gasteiger charge is 2.30. The van der Waals surface area contributed by atoms with Crippen molar-refractivity contribution in [3.63, 3.8) is 0 Å². The minimum atomic E-state index is -3.99. The Labute approximate surface area is 189 Å². The molecule has 10 heteroatoms. The number of aryl methyl sites for hydroxylation is 1. The molecule has 3 aromatic heterocycles. The van der Waals surface area contributed by atoms with Gasteiger partial charge in [0.2, 0.25) is 9.84 Å². The zero-order valence-electron chi connectivity index (χ0n) is 17.2. The molecule has 0 fully saturated rings. The summed E-state index contributed by atoms with van der Waals surface area (Å²) in [5.74, 6) is 0.418. The van der Waals surface area contributed by atoms with E-state index in [9.17, 15) is 8.42 Å². The number of rotatable bonds is 4. The molecule has 8 nitrogen and oxygen atoms in total. The Morgan fingerprint density at radius 3 is 2.62 bits per heavy atom. The van der Waals surface area contributed by atoms with E-state index in [1.54, 1.807) is 25.2 Å². The van der Waals surface area contributed by atoms with E-state index in [0.717, 1.165) is 16.5 Å². The molecule has 0 bridgehead atoms. The highest BCUT2D eigenvalue weighted by Crippen LogP contribution is 2.35. The third kappa shape index (κ3) is 3.01. The Morgan fingerprint density at radius 1 is 1.09 bits per heavy atom. The summed E-state index contributed by atoms with van der Waals surface area (Å²) in [6.07, 6.45) is 1.95. The van der Waals surface area contributed by atoms with Crippen molar-refractivity contribution in [2.45, 2.75) is 9.79 Å². The number of sulfone groups is 1. The first-order valence-corrected chi connectivity index (χ1v) is 11.6. The van der Waals surface area contributed by atoms with E-state index < -0.39 is 9.84 Å². The molecule has 3 heterocycles. The number of nitrogens with two attached hydrogens (primary N) is 1. The molecule has 0 aliphatic carbocycles. The molecule has 0 amide bonds. The normalized spacial score (nSPS) is 12.0. The third-order valence-corrected chi connectivity index (χ3v) is 7.38. The minimum Gasteiger partial charge on any atom is -0.384 e. The van der Waals surface area contributed by atoms with Gasteiger partial charge in [-0.2, -0.15) is 4.52 Å². The van der Waals surface area contributed by atoms with Gasteiger partial charge in [0.05, 0.1) is 10.6 Å². The van der Waals surface area contributed by atoms with Gasteiger partial charge in [-0.1, -0.05) is 35.9 Å². The first-order valence-electron chi connectivity index (χ1n) is 9.73. The van der Waals surface area contributed by atoms with E-state index in [4.69, 9.17) is 22.3 Å². The van der Waals surface area contributed by atoms with Crippen LogP contribution in [0.1, 0.15) is 0 Å². The molecule has 0 aliphatic heterocycles. The van der Waals surface area contributed by atoms with Gasteiger partial charge in [-0.3, -0.25) is 0 Å². The molecule has 162 valence electrons. The van der Waals surface area contributed by atoms with E-state index in [2.05, 4.69) is 10.4 Å². The number of para-hydroxylation sites is 1. The van der Waals surface area contributed by atoms with Crippen LogP contribution in [0.3, 0.4) is 0 Å². The Balaban J connectivity index is 1.82. The Kier molecular flexibility index (Phi) is 4.61. The molecular formula is C22H19ClN6O2S. The van der Waals surface area contributed by atoms with Gasteiger partial charge in [-0.15, -0.1) is 5.10 Å². The number of benzene rings is 2. The monoisotopic (exact) mass is 466 g/mol. The predicted molar refractivity (Wildman–Crippen MR) is 126 cm³/mol. The minimum absolute atomic E-state index is 0.0485. The summed E-state index contributed by atoms with van der Waals surface area (Å²) >= 11 is 6.05. The maximum absolute atomic E-state index is 13.6. The molecule has 5 rings (SSSR count). The summed E-state index contributed by atoms with van der Waals surface area (Å²) in [6, 6.07) is 15.7. The molecule has 0 saturated carbocycles. The van der Waals surface area contributed by atoms with Crippen LogP contribution in [0.5, 0.6) is 0 Å². The standard InChI is InChI=1S/C22H19ClN6O2S/c1-25-21-20(32(30,31)14-7-5-6-13(23)10-14)22-26-17(11-19(24)29(22)27-21)16-12-28(2)18-9-4-3-8-15(16)18/h3-12H,24H2,1-2H3,(H,25,27). The number of aromatic nitrogens is 4. The van der Waals surface area contributed by atoms with Crippen LogP contribution in [0.25, 0.3) is 27.8 Å². The number of fused-ring (bicyclic) bond motifs is 2. The van der Waals surface area contributed by atoms with Crippen LogP contribution in [0.2, 0.25) is 5.02 Å². The van der Waals surface area contributed by atoms with Gasteiger partial charge in [-0.05, 0) is 24.3 Å². The van der Waals surface area contributed by atoms with Gasteiger partial charge in [0.25, 0.3) is 0 Å². The van der Waals surface area contributed by atoms with Crippen LogP contribution in [-0.4, -0.2) is 34.6 Å². The fourth-order valence-electron chi connectivity index (χ4n) is 3.87. The number of nitrogens with one attached hydrogen (secondary N) is 1. The molecule has 5 aromatic rings. The Bertz CT molecular complexity index is 1620. The second-order valence-corrected chi connectivity index (χ2v) is 9.68. The first-order chi connectivity index (χ1) is 15.3. The van der Waals surface area contributed by atoms with Gasteiger partial charge in [0, 0.05) is 47.8 Å². The zero-order chi connectivity index (χ0) is 22.6. The predicted octanol–water partition coefficient (Wildman–Crippen LogP) is 4.00. The molecule has 32 heavy (non-hydrogen) atoms. The first kappa shape index (κ1) is 20.3. The second-order valence-electron chi connectivity index (χ2n) is 7.36. The number of anilines is 2. The van der Waals surface area contributed by atoms with Gasteiger partial charge < -0.3 is 15.6 Å². The highest BCUT2D eigenvalue weighted by molar-refractivity contribution is 7.91. The number of hydrogen-bond donors (Lipinski definition) is 2. The SMILES string of the molecule is CNc1nn2c(N)cc(-c3cn(C)c4ccccc34)nc2c1S(=O)(=O)c1cccc(Cl)c1. The number of nitrogen functional groups attached to an aromatic ring is 1. The molecule has 0 radical (unpaired) electrons. The van der Waals surface area contributed by atoms with Crippen molar-refractivity contribution in [2.75, 3.05) is 18.1 Å². The fourth-order valence-corrected chi connectivity index (χ4v) is 5.67. The van der Waals surface area contributed by atoms with E-state index >= 15 is 0 Å². The van der Waals surface area contributed by atoms with E-state index in [-0.39, 0.29) is 27.1 Å². The van der Waals surface area contributed by atoms with E-state index in [1.165, 1.54) is 16.6 Å².